The van der Waals surface area contributed by atoms with Crippen molar-refractivity contribution < 1.29 is 4.79 Å². The van der Waals surface area contributed by atoms with Gasteiger partial charge in [0.05, 0.1) is 23.5 Å². The fourth-order valence-electron chi connectivity index (χ4n) is 4.27. The normalized spacial score (nSPS) is 12.1. The minimum atomic E-state index is -0.341. The lowest BCUT2D eigenvalue weighted by molar-refractivity contribution is -0.117. The zero-order valence-corrected chi connectivity index (χ0v) is 20.6. The molecular weight excluding hydrogens is 454 g/mol. The van der Waals surface area contributed by atoms with Crippen LogP contribution < -0.4 is 10.9 Å². The van der Waals surface area contributed by atoms with Crippen LogP contribution in [0.1, 0.15) is 41.6 Å². The summed E-state index contributed by atoms with van der Waals surface area (Å²) in [6, 6.07) is 17.3. The van der Waals surface area contributed by atoms with Gasteiger partial charge in [0.25, 0.3) is 5.56 Å². The number of hydrogen-bond acceptors (Lipinski definition) is 5. The van der Waals surface area contributed by atoms with Crippen molar-refractivity contribution in [2.45, 2.75) is 40.0 Å². The number of benzene rings is 2. The summed E-state index contributed by atoms with van der Waals surface area (Å²) < 4.78 is 3.08. The van der Waals surface area contributed by atoms with Crippen molar-refractivity contribution in [1.82, 2.24) is 29.5 Å². The standard InChI is InChI=1S/C27H27N7O2/c1-5-21(19-9-7-6-8-10-19)25(35)29-23-14-18(4)32-34(23)27-30-24-22(26(36)31-27)15-28-33(24)20-12-11-16(2)17(3)13-20/h6-15,21H,5H2,1-4H3,(H,29,35)(H,30,31,36). The maximum absolute atomic E-state index is 13.2. The zero-order valence-electron chi connectivity index (χ0n) is 20.6. The first-order valence-corrected chi connectivity index (χ1v) is 11.8. The first-order valence-electron chi connectivity index (χ1n) is 11.8. The summed E-state index contributed by atoms with van der Waals surface area (Å²) in [5.41, 5.74) is 4.74. The van der Waals surface area contributed by atoms with Crippen LogP contribution in [0.5, 0.6) is 0 Å². The van der Waals surface area contributed by atoms with E-state index in [9.17, 15) is 9.59 Å². The first kappa shape index (κ1) is 23.2. The van der Waals surface area contributed by atoms with Crippen LogP contribution in [-0.2, 0) is 4.79 Å². The van der Waals surface area contributed by atoms with Gasteiger partial charge in [0.15, 0.2) is 5.65 Å². The molecule has 5 aromatic rings. The van der Waals surface area contributed by atoms with Crippen molar-refractivity contribution in [2.24, 2.45) is 0 Å². The number of H-pyrrole nitrogens is 1. The molecule has 2 aromatic carbocycles. The van der Waals surface area contributed by atoms with E-state index in [0.717, 1.165) is 22.4 Å². The van der Waals surface area contributed by atoms with Gasteiger partial charge in [0, 0.05) is 6.07 Å². The van der Waals surface area contributed by atoms with Gasteiger partial charge in [-0.05, 0) is 56.0 Å². The Labute approximate surface area is 207 Å². The topological polar surface area (TPSA) is 110 Å². The molecule has 0 bridgehead atoms. The van der Waals surface area contributed by atoms with E-state index in [1.807, 2.05) is 76.2 Å². The molecule has 1 atom stereocenters. The molecule has 0 aliphatic heterocycles. The molecule has 3 aromatic heterocycles. The second-order valence-corrected chi connectivity index (χ2v) is 8.90. The summed E-state index contributed by atoms with van der Waals surface area (Å²) in [6.07, 6.45) is 2.14. The Hall–Kier alpha value is -4.53. The number of aryl methyl sites for hydroxylation is 3. The number of aromatic amines is 1. The van der Waals surface area contributed by atoms with E-state index in [1.165, 1.54) is 10.9 Å². The highest BCUT2D eigenvalue weighted by Crippen LogP contribution is 2.23. The minimum absolute atomic E-state index is 0.159. The summed E-state index contributed by atoms with van der Waals surface area (Å²) in [4.78, 5) is 33.6. The molecule has 0 aliphatic rings. The van der Waals surface area contributed by atoms with Crippen molar-refractivity contribution >= 4 is 22.8 Å². The Kier molecular flexibility index (Phi) is 5.97. The smallest absolute Gasteiger partial charge is 0.263 e. The number of nitrogens with one attached hydrogen (secondary N) is 2. The van der Waals surface area contributed by atoms with Gasteiger partial charge in [0.2, 0.25) is 11.9 Å². The maximum atomic E-state index is 13.2. The van der Waals surface area contributed by atoms with E-state index in [1.54, 1.807) is 10.7 Å². The molecule has 182 valence electrons. The van der Waals surface area contributed by atoms with Crippen LogP contribution >= 0.6 is 0 Å². The second kappa shape index (κ2) is 9.26. The van der Waals surface area contributed by atoms with E-state index >= 15 is 0 Å². The molecule has 2 N–H and O–H groups in total. The third-order valence-corrected chi connectivity index (χ3v) is 6.37. The van der Waals surface area contributed by atoms with Crippen molar-refractivity contribution in [3.05, 3.63) is 93.5 Å². The van der Waals surface area contributed by atoms with E-state index in [4.69, 9.17) is 4.98 Å². The molecule has 36 heavy (non-hydrogen) atoms. The molecule has 0 saturated carbocycles. The van der Waals surface area contributed by atoms with Crippen molar-refractivity contribution in [3.8, 4) is 11.6 Å². The molecule has 0 fully saturated rings. The predicted octanol–water partition coefficient (Wildman–Crippen LogP) is 4.35. The Morgan fingerprint density at radius 3 is 2.53 bits per heavy atom. The van der Waals surface area contributed by atoms with Gasteiger partial charge in [-0.25, -0.2) is 4.68 Å². The average molecular weight is 482 g/mol. The monoisotopic (exact) mass is 481 g/mol. The lowest BCUT2D eigenvalue weighted by Crippen LogP contribution is -2.23. The highest BCUT2D eigenvalue weighted by molar-refractivity contribution is 5.95. The van der Waals surface area contributed by atoms with Crippen LogP contribution in [0.4, 0.5) is 5.82 Å². The first-order chi connectivity index (χ1) is 17.4. The highest BCUT2D eigenvalue weighted by Gasteiger charge is 2.22. The number of carbonyl (C=O) groups is 1. The fraction of sp³-hybridized carbons (Fsp3) is 0.222. The Balaban J connectivity index is 1.56. The summed E-state index contributed by atoms with van der Waals surface area (Å²) >= 11 is 0. The van der Waals surface area contributed by atoms with Crippen LogP contribution in [0, 0.1) is 20.8 Å². The molecule has 0 radical (unpaired) electrons. The van der Waals surface area contributed by atoms with E-state index in [-0.39, 0.29) is 23.3 Å². The Bertz CT molecular complexity index is 1630. The molecule has 1 unspecified atom stereocenters. The Morgan fingerprint density at radius 1 is 1.03 bits per heavy atom. The van der Waals surface area contributed by atoms with Crippen LogP contribution in [0.15, 0.2) is 65.6 Å². The molecule has 3 heterocycles. The highest BCUT2D eigenvalue weighted by atomic mass is 16.2. The van der Waals surface area contributed by atoms with Crippen molar-refractivity contribution in [2.75, 3.05) is 5.32 Å². The molecule has 9 nitrogen and oxygen atoms in total. The SMILES string of the molecule is CCC(C(=O)Nc1cc(C)nn1-c1nc2c(cnn2-c2ccc(C)c(C)c2)c(=O)[nH]1)c1ccccc1. The molecule has 0 aliphatic carbocycles. The third-order valence-electron chi connectivity index (χ3n) is 6.37. The number of carbonyl (C=O) groups excluding carboxylic acids is 1. The quantitative estimate of drug-likeness (QED) is 0.375. The van der Waals surface area contributed by atoms with Gasteiger partial charge in [-0.15, -0.1) is 0 Å². The molecule has 1 amide bonds. The summed E-state index contributed by atoms with van der Waals surface area (Å²) in [6.45, 7) is 7.85. The van der Waals surface area contributed by atoms with Crippen LogP contribution in [0.3, 0.4) is 0 Å². The summed E-state index contributed by atoms with van der Waals surface area (Å²) in [5.74, 6) is 0.130. The summed E-state index contributed by atoms with van der Waals surface area (Å²) in [5, 5.41) is 12.2. The van der Waals surface area contributed by atoms with Gasteiger partial charge < -0.3 is 5.32 Å². The minimum Gasteiger partial charge on any atom is -0.310 e. The molecule has 5 rings (SSSR count). The van der Waals surface area contributed by atoms with Crippen molar-refractivity contribution in [1.29, 1.82) is 0 Å². The Morgan fingerprint density at radius 2 is 1.81 bits per heavy atom. The fourth-order valence-corrected chi connectivity index (χ4v) is 4.27. The van der Waals surface area contributed by atoms with Gasteiger partial charge in [-0.1, -0.05) is 43.3 Å². The summed E-state index contributed by atoms with van der Waals surface area (Å²) in [7, 11) is 0. The predicted molar refractivity (Wildman–Crippen MR) is 139 cm³/mol. The number of fused-ring (bicyclic) bond motifs is 1. The van der Waals surface area contributed by atoms with Crippen LogP contribution in [0.2, 0.25) is 0 Å². The lowest BCUT2D eigenvalue weighted by Gasteiger charge is -2.16. The molecular formula is C27H27N7O2. The van der Waals surface area contributed by atoms with Gasteiger partial charge >= 0.3 is 0 Å². The number of nitrogens with zero attached hydrogens (tertiary/aromatic N) is 5. The van der Waals surface area contributed by atoms with Gasteiger partial charge in [-0.3, -0.25) is 14.6 Å². The maximum Gasteiger partial charge on any atom is 0.263 e. The van der Waals surface area contributed by atoms with Crippen LogP contribution in [-0.4, -0.2) is 35.4 Å². The van der Waals surface area contributed by atoms with E-state index in [2.05, 4.69) is 20.5 Å². The lowest BCUT2D eigenvalue weighted by atomic mass is 9.96. The van der Waals surface area contributed by atoms with E-state index in [0.29, 0.717) is 29.0 Å². The zero-order chi connectivity index (χ0) is 25.4. The van der Waals surface area contributed by atoms with Gasteiger partial charge in [-0.2, -0.15) is 19.9 Å². The third kappa shape index (κ3) is 4.19. The number of anilines is 1. The second-order valence-electron chi connectivity index (χ2n) is 8.90. The number of hydrogen-bond donors (Lipinski definition) is 2. The van der Waals surface area contributed by atoms with Gasteiger partial charge in [0.1, 0.15) is 11.2 Å². The molecule has 9 heteroatoms. The number of amides is 1. The molecule has 0 spiro atoms. The van der Waals surface area contributed by atoms with E-state index < -0.39 is 0 Å². The largest absolute Gasteiger partial charge is 0.310 e. The molecule has 0 saturated heterocycles. The number of aromatic nitrogens is 6. The van der Waals surface area contributed by atoms with Crippen molar-refractivity contribution in [3.63, 3.8) is 0 Å². The van der Waals surface area contributed by atoms with Crippen LogP contribution in [0.25, 0.3) is 22.7 Å². The average Bonchev–Trinajstić information content (AvgIpc) is 3.45. The number of rotatable bonds is 6.